The maximum atomic E-state index is 12.8. The molecule has 0 saturated heterocycles. The van der Waals surface area contributed by atoms with E-state index in [0.717, 1.165) is 12.0 Å². The first-order valence-corrected chi connectivity index (χ1v) is 5.34. The lowest BCUT2D eigenvalue weighted by Crippen LogP contribution is -2.32. The summed E-state index contributed by atoms with van der Waals surface area (Å²) in [7, 11) is 1.73. The first-order valence-electron chi connectivity index (χ1n) is 5.34. The summed E-state index contributed by atoms with van der Waals surface area (Å²) in [5.74, 6) is 0.0645. The van der Waals surface area contributed by atoms with Gasteiger partial charge in [0.2, 0.25) is 0 Å². The van der Waals surface area contributed by atoms with Gasteiger partial charge in [-0.2, -0.15) is 0 Å². The molecule has 0 N–H and O–H groups in total. The highest BCUT2D eigenvalue weighted by Gasteiger charge is 2.29. The van der Waals surface area contributed by atoms with Gasteiger partial charge in [0.15, 0.2) is 0 Å². The molecule has 2 heteroatoms. The zero-order chi connectivity index (χ0) is 11.5. The van der Waals surface area contributed by atoms with Crippen LogP contribution in [0.25, 0.3) is 0 Å². The second-order valence-electron chi connectivity index (χ2n) is 4.14. The predicted octanol–water partition coefficient (Wildman–Crippen LogP) is 3.74. The molecule has 1 aromatic rings. The molecule has 1 unspecified atom stereocenters. The van der Waals surface area contributed by atoms with Crippen molar-refractivity contribution in [1.82, 2.24) is 0 Å². The summed E-state index contributed by atoms with van der Waals surface area (Å²) in [6.45, 7) is 6.30. The molecular weight excluding hydrogens is 191 g/mol. The van der Waals surface area contributed by atoms with Gasteiger partial charge >= 0.3 is 0 Å². The minimum atomic E-state index is -0.193. The molecule has 0 saturated carbocycles. The Morgan fingerprint density at radius 1 is 1.33 bits per heavy atom. The molecule has 0 aromatic heterocycles. The van der Waals surface area contributed by atoms with Gasteiger partial charge < -0.3 is 4.74 Å². The Kier molecular flexibility index (Phi) is 3.86. The van der Waals surface area contributed by atoms with E-state index in [1.165, 1.54) is 12.1 Å². The van der Waals surface area contributed by atoms with Crippen LogP contribution in [0.2, 0.25) is 0 Å². The van der Waals surface area contributed by atoms with E-state index in [9.17, 15) is 4.39 Å². The van der Waals surface area contributed by atoms with Crippen molar-refractivity contribution in [2.75, 3.05) is 7.11 Å². The summed E-state index contributed by atoms with van der Waals surface area (Å²) in [5, 5.41) is 0. The van der Waals surface area contributed by atoms with Crippen molar-refractivity contribution in [3.63, 3.8) is 0 Å². The van der Waals surface area contributed by atoms with Gasteiger partial charge in [-0.15, -0.1) is 0 Å². The minimum absolute atomic E-state index is 0.183. The molecule has 0 fully saturated rings. The molecule has 0 spiro atoms. The minimum Gasteiger partial charge on any atom is -0.378 e. The predicted molar refractivity (Wildman–Crippen MR) is 60.5 cm³/mol. The molecule has 84 valence electrons. The topological polar surface area (TPSA) is 9.23 Å². The summed E-state index contributed by atoms with van der Waals surface area (Å²) in [5.41, 5.74) is 0.931. The van der Waals surface area contributed by atoms with Gasteiger partial charge in [-0.3, -0.25) is 0 Å². The number of benzene rings is 1. The largest absolute Gasteiger partial charge is 0.378 e. The van der Waals surface area contributed by atoms with Crippen molar-refractivity contribution in [3.8, 4) is 0 Å². The molecule has 0 aliphatic carbocycles. The lowest BCUT2D eigenvalue weighted by Gasteiger charge is -2.33. The van der Waals surface area contributed by atoms with Gasteiger partial charge in [0, 0.05) is 13.0 Å². The molecule has 1 rings (SSSR count). The number of methoxy groups -OCH3 is 1. The Morgan fingerprint density at radius 2 is 1.87 bits per heavy atom. The van der Waals surface area contributed by atoms with Crippen LogP contribution >= 0.6 is 0 Å². The molecular formula is C13H19FO. The average Bonchev–Trinajstić information content (AvgIpc) is 2.28. The molecule has 15 heavy (non-hydrogen) atoms. The third kappa shape index (κ3) is 2.57. The fourth-order valence-corrected chi connectivity index (χ4v) is 1.73. The van der Waals surface area contributed by atoms with E-state index in [-0.39, 0.29) is 17.3 Å². The first kappa shape index (κ1) is 12.2. The van der Waals surface area contributed by atoms with Crippen molar-refractivity contribution in [3.05, 3.63) is 35.6 Å². The smallest absolute Gasteiger partial charge is 0.123 e. The Balaban J connectivity index is 2.92. The second-order valence-corrected chi connectivity index (χ2v) is 4.14. The zero-order valence-electron chi connectivity index (χ0n) is 9.88. The van der Waals surface area contributed by atoms with Crippen LogP contribution in [-0.4, -0.2) is 12.7 Å². The normalized spacial score (nSPS) is 17.1. The van der Waals surface area contributed by atoms with Gasteiger partial charge in [-0.1, -0.05) is 26.0 Å². The molecule has 0 amide bonds. The summed E-state index contributed by atoms with van der Waals surface area (Å²) < 4.78 is 18.3. The van der Waals surface area contributed by atoms with Crippen LogP contribution in [0.4, 0.5) is 4.39 Å². The van der Waals surface area contributed by atoms with Crippen molar-refractivity contribution >= 4 is 0 Å². The summed E-state index contributed by atoms with van der Waals surface area (Å²) in [6, 6.07) is 6.65. The number of rotatable bonds is 4. The van der Waals surface area contributed by atoms with Crippen LogP contribution in [0.5, 0.6) is 0 Å². The highest BCUT2D eigenvalue weighted by molar-refractivity contribution is 5.22. The molecule has 1 nitrogen and oxygen atoms in total. The molecule has 2 atom stereocenters. The van der Waals surface area contributed by atoms with E-state index >= 15 is 0 Å². The average molecular weight is 210 g/mol. The lowest BCUT2D eigenvalue weighted by atomic mass is 9.83. The van der Waals surface area contributed by atoms with E-state index in [4.69, 9.17) is 4.74 Å². The van der Waals surface area contributed by atoms with Crippen molar-refractivity contribution in [2.24, 2.45) is 0 Å². The van der Waals surface area contributed by atoms with E-state index in [1.54, 1.807) is 7.11 Å². The molecule has 0 heterocycles. The Labute approximate surface area is 91.3 Å². The van der Waals surface area contributed by atoms with Gasteiger partial charge in [-0.05, 0) is 31.0 Å². The van der Waals surface area contributed by atoms with E-state index in [1.807, 2.05) is 12.1 Å². The van der Waals surface area contributed by atoms with Crippen molar-refractivity contribution < 1.29 is 9.13 Å². The third-order valence-electron chi connectivity index (χ3n) is 3.45. The van der Waals surface area contributed by atoms with Gasteiger partial charge in [0.25, 0.3) is 0 Å². The Hall–Kier alpha value is -0.890. The highest BCUT2D eigenvalue weighted by atomic mass is 19.1. The number of hydrogen-bond acceptors (Lipinski definition) is 1. The zero-order valence-corrected chi connectivity index (χ0v) is 9.88. The van der Waals surface area contributed by atoms with Crippen LogP contribution < -0.4 is 0 Å². The fraction of sp³-hybridized carbons (Fsp3) is 0.538. The Bertz CT molecular complexity index is 301. The van der Waals surface area contributed by atoms with Crippen LogP contribution in [0.15, 0.2) is 24.3 Å². The number of hydrogen-bond donors (Lipinski definition) is 0. The maximum Gasteiger partial charge on any atom is 0.123 e. The van der Waals surface area contributed by atoms with E-state index in [0.29, 0.717) is 0 Å². The van der Waals surface area contributed by atoms with Crippen LogP contribution in [0.3, 0.4) is 0 Å². The Morgan fingerprint density at radius 3 is 2.27 bits per heavy atom. The van der Waals surface area contributed by atoms with E-state index < -0.39 is 0 Å². The summed E-state index contributed by atoms with van der Waals surface area (Å²) >= 11 is 0. The van der Waals surface area contributed by atoms with Gasteiger partial charge in [0.05, 0.1) is 5.60 Å². The fourth-order valence-electron chi connectivity index (χ4n) is 1.73. The number of halogens is 1. The summed E-state index contributed by atoms with van der Waals surface area (Å²) in [6.07, 6.45) is 0.933. The molecule has 0 aliphatic heterocycles. The van der Waals surface area contributed by atoms with Crippen LogP contribution in [0.1, 0.15) is 38.7 Å². The highest BCUT2D eigenvalue weighted by Crippen LogP contribution is 2.33. The van der Waals surface area contributed by atoms with Gasteiger partial charge in [0.1, 0.15) is 5.82 Å². The van der Waals surface area contributed by atoms with Crippen molar-refractivity contribution in [1.29, 1.82) is 0 Å². The first-order chi connectivity index (χ1) is 7.03. The monoisotopic (exact) mass is 210 g/mol. The maximum absolute atomic E-state index is 12.8. The lowest BCUT2D eigenvalue weighted by molar-refractivity contribution is -0.0163. The third-order valence-corrected chi connectivity index (χ3v) is 3.45. The van der Waals surface area contributed by atoms with Crippen LogP contribution in [-0.2, 0) is 4.74 Å². The molecule has 0 radical (unpaired) electrons. The SMILES string of the molecule is CCC(C)(OC)[C@H](C)c1ccc(F)cc1. The van der Waals surface area contributed by atoms with Gasteiger partial charge in [-0.25, -0.2) is 4.39 Å². The van der Waals surface area contributed by atoms with Crippen LogP contribution in [0, 0.1) is 5.82 Å². The molecule has 0 aliphatic rings. The van der Waals surface area contributed by atoms with Crippen molar-refractivity contribution in [2.45, 2.75) is 38.7 Å². The molecule has 1 aromatic carbocycles. The van der Waals surface area contributed by atoms with E-state index in [2.05, 4.69) is 20.8 Å². The second kappa shape index (κ2) is 4.75. The quantitative estimate of drug-likeness (QED) is 0.735. The number of ether oxygens (including phenoxy) is 1. The standard InChI is InChI=1S/C13H19FO/c1-5-13(3,15-4)10(2)11-6-8-12(14)9-7-11/h6-10H,5H2,1-4H3/t10-,13?/m1/s1. The molecule has 0 bridgehead atoms. The summed E-state index contributed by atoms with van der Waals surface area (Å²) in [4.78, 5) is 0.